The average Bonchev–Trinajstić information content (AvgIpc) is 3.43. The molecule has 3 saturated carbocycles. The zero-order chi connectivity index (χ0) is 28.0. The Bertz CT molecular complexity index is 1020. The van der Waals surface area contributed by atoms with E-state index in [1.165, 1.54) is 31.3 Å². The molecule has 7 heteroatoms. The number of likely N-dealkylation sites (N-methyl/N-ethyl adjacent to an activating group) is 1. The first-order chi connectivity index (χ1) is 18.5. The number of oxime groups is 1. The molecule has 1 saturated heterocycles. The lowest BCUT2D eigenvalue weighted by Gasteiger charge is -2.58. The summed E-state index contributed by atoms with van der Waals surface area (Å²) in [5.74, 6) is 2.78. The van der Waals surface area contributed by atoms with Gasteiger partial charge in [0.2, 0.25) is 0 Å². The van der Waals surface area contributed by atoms with Crippen LogP contribution in [-0.2, 0) is 9.63 Å². The maximum atomic E-state index is 13.2. The van der Waals surface area contributed by atoms with E-state index < -0.39 is 0 Å². The van der Waals surface area contributed by atoms with Crippen molar-refractivity contribution in [3.63, 3.8) is 0 Å². The van der Waals surface area contributed by atoms with Crippen LogP contribution in [-0.4, -0.2) is 61.8 Å². The summed E-state index contributed by atoms with van der Waals surface area (Å²) in [6.07, 6.45) is 11.5. The smallest absolute Gasteiger partial charge is 0.318 e. The molecule has 1 heterocycles. The van der Waals surface area contributed by atoms with Crippen LogP contribution in [0.2, 0.25) is 0 Å². The van der Waals surface area contributed by atoms with Crippen molar-refractivity contribution in [2.24, 2.45) is 45.1 Å². The van der Waals surface area contributed by atoms with Crippen LogP contribution in [0.1, 0.15) is 92.4 Å². The molecule has 0 radical (unpaired) electrons. The van der Waals surface area contributed by atoms with E-state index in [4.69, 9.17) is 4.84 Å². The van der Waals surface area contributed by atoms with Gasteiger partial charge in [0.25, 0.3) is 0 Å². The van der Waals surface area contributed by atoms with E-state index in [0.717, 1.165) is 50.4 Å². The van der Waals surface area contributed by atoms with Gasteiger partial charge >= 0.3 is 6.09 Å². The van der Waals surface area contributed by atoms with Gasteiger partial charge in [-0.3, -0.25) is 9.63 Å². The van der Waals surface area contributed by atoms with Gasteiger partial charge in [0.15, 0.2) is 5.78 Å². The van der Waals surface area contributed by atoms with Crippen LogP contribution in [0.3, 0.4) is 0 Å². The standard InChI is InChI=1S/C32H52N4O3/c1-21(35-39-29(38)36(16-15-33-6)19-23-18-30(2,3)20-34-23)26-9-10-27-25-8-7-22-17-24(37)11-13-31(22,4)28(25)12-14-32(26,27)5/h17,23,25-28,33-34H,7-16,18-20H2,1-6H3/b35-21+/t23?,25-,26+,27-,28-,31-,32+/m0/s1. The highest BCUT2D eigenvalue weighted by atomic mass is 16.7. The first kappa shape index (κ1) is 28.8. The molecule has 2 N–H and O–H groups in total. The van der Waals surface area contributed by atoms with Crippen LogP contribution < -0.4 is 10.6 Å². The van der Waals surface area contributed by atoms with Crippen LogP contribution in [0.15, 0.2) is 16.8 Å². The predicted molar refractivity (Wildman–Crippen MR) is 155 cm³/mol. The van der Waals surface area contributed by atoms with Crippen LogP contribution in [0, 0.1) is 39.9 Å². The van der Waals surface area contributed by atoms with Crippen molar-refractivity contribution in [1.82, 2.24) is 15.5 Å². The van der Waals surface area contributed by atoms with Crippen molar-refractivity contribution in [3.8, 4) is 0 Å². The van der Waals surface area contributed by atoms with Crippen molar-refractivity contribution in [1.29, 1.82) is 0 Å². The van der Waals surface area contributed by atoms with Crippen LogP contribution in [0.5, 0.6) is 0 Å². The largest absolute Gasteiger partial charge is 0.436 e. The van der Waals surface area contributed by atoms with Gasteiger partial charge < -0.3 is 15.5 Å². The van der Waals surface area contributed by atoms with Crippen molar-refractivity contribution in [2.45, 2.75) is 98.4 Å². The van der Waals surface area contributed by atoms with Gasteiger partial charge in [-0.05, 0) is 105 Å². The highest BCUT2D eigenvalue weighted by Gasteiger charge is 2.59. The number of nitrogens with zero attached hydrogens (tertiary/aromatic N) is 2. The van der Waals surface area contributed by atoms with Crippen molar-refractivity contribution in [3.05, 3.63) is 11.6 Å². The molecule has 1 aliphatic heterocycles. The molecule has 0 spiro atoms. The highest BCUT2D eigenvalue weighted by molar-refractivity contribution is 5.91. The van der Waals surface area contributed by atoms with E-state index in [-0.39, 0.29) is 28.4 Å². The van der Waals surface area contributed by atoms with Crippen LogP contribution in [0.4, 0.5) is 4.79 Å². The third-order valence-corrected chi connectivity index (χ3v) is 11.7. The molecular weight excluding hydrogens is 488 g/mol. The second-order valence-electron chi connectivity index (χ2n) is 14.7. The summed E-state index contributed by atoms with van der Waals surface area (Å²) in [5.41, 5.74) is 3.07. The highest BCUT2D eigenvalue weighted by Crippen LogP contribution is 2.66. The lowest BCUT2D eigenvalue weighted by Crippen LogP contribution is -2.51. The molecule has 5 rings (SSSR count). The van der Waals surface area contributed by atoms with Gasteiger partial charge in [-0.2, -0.15) is 0 Å². The van der Waals surface area contributed by atoms with Crippen molar-refractivity contribution >= 4 is 17.6 Å². The molecule has 7 nitrogen and oxygen atoms in total. The molecule has 1 unspecified atom stereocenters. The molecule has 0 aromatic rings. The Morgan fingerprint density at radius 2 is 1.92 bits per heavy atom. The average molecular weight is 541 g/mol. The third kappa shape index (κ3) is 5.47. The molecule has 218 valence electrons. The van der Waals surface area contributed by atoms with Gasteiger partial charge in [0.05, 0.1) is 5.71 Å². The Balaban J connectivity index is 1.24. The minimum Gasteiger partial charge on any atom is -0.318 e. The number of nitrogens with one attached hydrogen (secondary N) is 2. The molecular formula is C32H52N4O3. The molecule has 4 fully saturated rings. The molecule has 4 aliphatic carbocycles. The SMILES string of the molecule is CNCCN(CC1CC(C)(C)CN1)C(=O)O/N=C(\C)[C@H]1CC[C@H]2[C@@H]3CCC4=CC(=O)CC[C@]4(C)[C@H]3CC[C@]12C. The minimum atomic E-state index is -0.342. The predicted octanol–water partition coefficient (Wildman–Crippen LogP) is 5.56. The number of carbonyl (C=O) groups is 2. The molecule has 0 aromatic heterocycles. The van der Waals surface area contributed by atoms with Crippen molar-refractivity contribution < 1.29 is 14.4 Å². The monoisotopic (exact) mass is 540 g/mol. The summed E-state index contributed by atoms with van der Waals surface area (Å²) in [5, 5.41) is 11.2. The lowest BCUT2D eigenvalue weighted by atomic mass is 9.46. The second kappa shape index (κ2) is 10.9. The number of allylic oxidation sites excluding steroid dienone is 1. The van der Waals surface area contributed by atoms with Gasteiger partial charge in [0, 0.05) is 44.6 Å². The molecule has 0 aromatic carbocycles. The quantitative estimate of drug-likeness (QED) is 0.251. The summed E-state index contributed by atoms with van der Waals surface area (Å²) in [7, 11) is 1.91. The van der Waals surface area contributed by atoms with Crippen LogP contribution >= 0.6 is 0 Å². The zero-order valence-corrected chi connectivity index (χ0v) is 25.3. The summed E-state index contributed by atoms with van der Waals surface area (Å²) in [6.45, 7) is 14.5. The molecule has 5 aliphatic rings. The third-order valence-electron chi connectivity index (χ3n) is 11.7. The van der Waals surface area contributed by atoms with Crippen molar-refractivity contribution in [2.75, 3.05) is 33.2 Å². The maximum Gasteiger partial charge on any atom is 0.436 e. The Labute approximate surface area is 235 Å². The van der Waals surface area contributed by atoms with Gasteiger partial charge in [-0.1, -0.05) is 38.4 Å². The van der Waals surface area contributed by atoms with E-state index in [1.807, 2.05) is 13.1 Å². The number of fused-ring (bicyclic) bond motifs is 5. The number of hydrogen-bond donors (Lipinski definition) is 2. The fourth-order valence-electron chi connectivity index (χ4n) is 9.61. The Kier molecular flexibility index (Phi) is 8.06. The topological polar surface area (TPSA) is 83.0 Å². The number of carbonyl (C=O) groups excluding carboxylic acids is 2. The molecule has 39 heavy (non-hydrogen) atoms. The summed E-state index contributed by atoms with van der Waals surface area (Å²) >= 11 is 0. The van der Waals surface area contributed by atoms with E-state index in [2.05, 4.69) is 50.4 Å². The first-order valence-electron chi connectivity index (χ1n) is 15.6. The summed E-state index contributed by atoms with van der Waals surface area (Å²) in [6, 6.07) is 0.286. The summed E-state index contributed by atoms with van der Waals surface area (Å²) < 4.78 is 0. The number of ketones is 1. The Morgan fingerprint density at radius 3 is 2.64 bits per heavy atom. The number of hydrogen-bond acceptors (Lipinski definition) is 6. The molecule has 0 bridgehead atoms. The minimum absolute atomic E-state index is 0.203. The van der Waals surface area contributed by atoms with Gasteiger partial charge in [-0.25, -0.2) is 4.79 Å². The van der Waals surface area contributed by atoms with E-state index in [9.17, 15) is 9.59 Å². The Morgan fingerprint density at radius 1 is 1.13 bits per heavy atom. The second-order valence-corrected chi connectivity index (χ2v) is 14.7. The van der Waals surface area contributed by atoms with Crippen LogP contribution in [0.25, 0.3) is 0 Å². The Hall–Kier alpha value is -1.73. The molecule has 1 amide bonds. The lowest BCUT2D eigenvalue weighted by molar-refractivity contribution is -0.117. The maximum absolute atomic E-state index is 13.2. The normalized spacial score (nSPS) is 39.4. The fourth-order valence-corrected chi connectivity index (χ4v) is 9.61. The zero-order valence-electron chi connectivity index (χ0n) is 25.3. The van der Waals surface area contributed by atoms with Gasteiger partial charge in [0.1, 0.15) is 0 Å². The van der Waals surface area contributed by atoms with Gasteiger partial charge in [-0.15, -0.1) is 0 Å². The summed E-state index contributed by atoms with van der Waals surface area (Å²) in [4.78, 5) is 32.8. The van der Waals surface area contributed by atoms with E-state index in [1.54, 1.807) is 4.90 Å². The molecule has 7 atom stereocenters. The fraction of sp³-hybridized carbons (Fsp3) is 0.844. The van der Waals surface area contributed by atoms with E-state index >= 15 is 0 Å². The first-order valence-corrected chi connectivity index (χ1v) is 15.6. The van der Waals surface area contributed by atoms with E-state index in [0.29, 0.717) is 43.0 Å². The number of rotatable bonds is 7. The number of amides is 1.